The summed E-state index contributed by atoms with van der Waals surface area (Å²) >= 11 is 5.07. The zero-order chi connectivity index (χ0) is 14.7. The lowest BCUT2D eigenvalue weighted by Crippen LogP contribution is -1.90. The van der Waals surface area contributed by atoms with Crippen LogP contribution in [-0.2, 0) is 0 Å². The fourth-order valence-corrected chi connectivity index (χ4v) is 3.05. The van der Waals surface area contributed by atoms with Crippen LogP contribution in [0.4, 0.5) is 10.8 Å². The number of halogens is 1. The van der Waals surface area contributed by atoms with Gasteiger partial charge in [-0.3, -0.25) is 0 Å². The van der Waals surface area contributed by atoms with Crippen molar-refractivity contribution in [2.24, 2.45) is 0 Å². The molecule has 1 heterocycles. The molecule has 0 atom stereocenters. The fraction of sp³-hybridized carbons (Fsp3) is 0.0625. The second-order valence-corrected chi connectivity index (χ2v) is 6.18. The molecule has 0 unspecified atom stereocenters. The number of nitrogens with one attached hydrogen (secondary N) is 1. The van der Waals surface area contributed by atoms with Crippen LogP contribution in [-0.4, -0.2) is 12.1 Å². The second kappa shape index (κ2) is 6.28. The van der Waals surface area contributed by atoms with Crippen LogP contribution in [0.1, 0.15) is 0 Å². The van der Waals surface area contributed by atoms with Crippen molar-refractivity contribution in [1.29, 1.82) is 0 Å². The van der Waals surface area contributed by atoms with Crippen LogP contribution in [0.5, 0.6) is 5.75 Å². The molecule has 21 heavy (non-hydrogen) atoms. The molecular weight excluding hydrogens is 348 g/mol. The molecule has 0 saturated carbocycles. The zero-order valence-corrected chi connectivity index (χ0v) is 13.7. The van der Waals surface area contributed by atoms with Gasteiger partial charge in [-0.25, -0.2) is 4.98 Å². The van der Waals surface area contributed by atoms with Gasteiger partial charge < -0.3 is 10.1 Å². The number of nitrogens with zero attached hydrogens (tertiary/aromatic N) is 1. The van der Waals surface area contributed by atoms with E-state index in [1.54, 1.807) is 18.4 Å². The van der Waals surface area contributed by atoms with Crippen LogP contribution >= 0.6 is 27.3 Å². The number of thiazole rings is 1. The average Bonchev–Trinajstić information content (AvgIpc) is 2.97. The van der Waals surface area contributed by atoms with Crippen molar-refractivity contribution >= 4 is 38.1 Å². The van der Waals surface area contributed by atoms with E-state index in [1.165, 1.54) is 0 Å². The molecule has 0 radical (unpaired) electrons. The van der Waals surface area contributed by atoms with Crippen LogP contribution < -0.4 is 10.1 Å². The molecule has 0 aliphatic carbocycles. The molecule has 0 spiro atoms. The van der Waals surface area contributed by atoms with E-state index >= 15 is 0 Å². The van der Waals surface area contributed by atoms with Gasteiger partial charge in [0, 0.05) is 21.1 Å². The number of hydrogen-bond acceptors (Lipinski definition) is 4. The molecule has 106 valence electrons. The number of hydrogen-bond donors (Lipinski definition) is 1. The molecule has 0 fully saturated rings. The Bertz CT molecular complexity index is 740. The third-order valence-corrected chi connectivity index (χ3v) is 4.22. The monoisotopic (exact) mass is 360 g/mol. The first-order chi connectivity index (χ1) is 10.2. The van der Waals surface area contributed by atoms with Gasteiger partial charge in [0.1, 0.15) is 5.75 Å². The third-order valence-electron chi connectivity index (χ3n) is 2.97. The third kappa shape index (κ3) is 3.43. The van der Waals surface area contributed by atoms with Gasteiger partial charge in [-0.05, 0) is 36.4 Å². The van der Waals surface area contributed by atoms with E-state index in [2.05, 4.69) is 38.4 Å². The Balaban J connectivity index is 1.78. The summed E-state index contributed by atoms with van der Waals surface area (Å²) in [4.78, 5) is 4.61. The van der Waals surface area contributed by atoms with E-state index in [9.17, 15) is 0 Å². The first-order valence-corrected chi connectivity index (χ1v) is 8.04. The summed E-state index contributed by atoms with van der Waals surface area (Å²) in [5.41, 5.74) is 3.06. The summed E-state index contributed by atoms with van der Waals surface area (Å²) in [6.07, 6.45) is 0. The Morgan fingerprint density at radius 3 is 2.67 bits per heavy atom. The molecule has 0 bridgehead atoms. The van der Waals surface area contributed by atoms with E-state index < -0.39 is 0 Å². The number of aromatic nitrogens is 1. The van der Waals surface area contributed by atoms with E-state index in [0.717, 1.165) is 32.3 Å². The predicted octanol–water partition coefficient (Wildman–Crippen LogP) is 5.32. The minimum Gasteiger partial charge on any atom is -0.497 e. The Morgan fingerprint density at radius 1 is 1.14 bits per heavy atom. The van der Waals surface area contributed by atoms with Crippen LogP contribution in [0.25, 0.3) is 11.3 Å². The standard InChI is InChI=1S/C16H13BrN2OS/c1-20-14-7-5-13(6-8-14)18-16-19-15(10-21-16)11-3-2-4-12(17)9-11/h2-10H,1H3,(H,18,19). The Labute approximate surface area is 135 Å². The summed E-state index contributed by atoms with van der Waals surface area (Å²) in [5.74, 6) is 0.842. The molecule has 0 aliphatic heterocycles. The average molecular weight is 361 g/mol. The Morgan fingerprint density at radius 2 is 1.95 bits per heavy atom. The highest BCUT2D eigenvalue weighted by Crippen LogP contribution is 2.29. The minimum atomic E-state index is 0.842. The van der Waals surface area contributed by atoms with E-state index in [1.807, 2.05) is 41.8 Å². The van der Waals surface area contributed by atoms with Crippen LogP contribution in [0.15, 0.2) is 58.4 Å². The van der Waals surface area contributed by atoms with Gasteiger partial charge in [0.25, 0.3) is 0 Å². The Hall–Kier alpha value is -1.85. The molecule has 0 saturated heterocycles. The fourth-order valence-electron chi connectivity index (χ4n) is 1.91. The van der Waals surface area contributed by atoms with Crippen molar-refractivity contribution < 1.29 is 4.74 Å². The van der Waals surface area contributed by atoms with Crippen LogP contribution in [0.3, 0.4) is 0 Å². The molecule has 3 nitrogen and oxygen atoms in total. The van der Waals surface area contributed by atoms with Crippen molar-refractivity contribution in [2.75, 3.05) is 12.4 Å². The second-order valence-electron chi connectivity index (χ2n) is 4.40. The van der Waals surface area contributed by atoms with Gasteiger partial charge in [-0.15, -0.1) is 11.3 Å². The molecular formula is C16H13BrN2OS. The van der Waals surface area contributed by atoms with Gasteiger partial charge in [0.05, 0.1) is 12.8 Å². The van der Waals surface area contributed by atoms with E-state index in [0.29, 0.717) is 0 Å². The van der Waals surface area contributed by atoms with Crippen LogP contribution in [0.2, 0.25) is 0 Å². The summed E-state index contributed by atoms with van der Waals surface area (Å²) < 4.78 is 6.20. The lowest BCUT2D eigenvalue weighted by molar-refractivity contribution is 0.415. The number of methoxy groups -OCH3 is 1. The number of ether oxygens (including phenoxy) is 1. The number of anilines is 2. The molecule has 1 aromatic heterocycles. The summed E-state index contributed by atoms with van der Waals surface area (Å²) in [6, 6.07) is 15.9. The molecule has 1 N–H and O–H groups in total. The van der Waals surface area contributed by atoms with Crippen molar-refractivity contribution in [3.63, 3.8) is 0 Å². The molecule has 3 rings (SSSR count). The van der Waals surface area contributed by atoms with Crippen molar-refractivity contribution in [2.45, 2.75) is 0 Å². The van der Waals surface area contributed by atoms with Gasteiger partial charge >= 0.3 is 0 Å². The topological polar surface area (TPSA) is 34.1 Å². The molecule has 0 amide bonds. The zero-order valence-electron chi connectivity index (χ0n) is 11.3. The summed E-state index contributed by atoms with van der Waals surface area (Å²) in [5, 5.41) is 6.22. The summed E-state index contributed by atoms with van der Waals surface area (Å²) in [7, 11) is 1.66. The van der Waals surface area contributed by atoms with Gasteiger partial charge in [-0.1, -0.05) is 28.1 Å². The first kappa shape index (κ1) is 14.1. The maximum absolute atomic E-state index is 5.15. The molecule has 5 heteroatoms. The van der Waals surface area contributed by atoms with Crippen molar-refractivity contribution in [3.8, 4) is 17.0 Å². The largest absolute Gasteiger partial charge is 0.497 e. The number of benzene rings is 2. The van der Waals surface area contributed by atoms with E-state index in [4.69, 9.17) is 4.74 Å². The predicted molar refractivity (Wildman–Crippen MR) is 91.5 cm³/mol. The number of rotatable bonds is 4. The van der Waals surface area contributed by atoms with Crippen molar-refractivity contribution in [3.05, 3.63) is 58.4 Å². The first-order valence-electron chi connectivity index (χ1n) is 6.37. The van der Waals surface area contributed by atoms with Gasteiger partial charge in [0.2, 0.25) is 0 Å². The normalized spacial score (nSPS) is 10.4. The smallest absolute Gasteiger partial charge is 0.187 e. The quantitative estimate of drug-likeness (QED) is 0.683. The van der Waals surface area contributed by atoms with Gasteiger partial charge in [0.15, 0.2) is 5.13 Å². The highest BCUT2D eigenvalue weighted by Gasteiger charge is 2.05. The summed E-state index contributed by atoms with van der Waals surface area (Å²) in [6.45, 7) is 0. The lowest BCUT2D eigenvalue weighted by atomic mass is 10.2. The highest BCUT2D eigenvalue weighted by molar-refractivity contribution is 9.10. The molecule has 3 aromatic rings. The lowest BCUT2D eigenvalue weighted by Gasteiger charge is -2.04. The maximum atomic E-state index is 5.15. The van der Waals surface area contributed by atoms with Crippen LogP contribution in [0, 0.1) is 0 Å². The maximum Gasteiger partial charge on any atom is 0.187 e. The molecule has 2 aromatic carbocycles. The Kier molecular flexibility index (Phi) is 4.22. The minimum absolute atomic E-state index is 0.842. The van der Waals surface area contributed by atoms with Gasteiger partial charge in [-0.2, -0.15) is 0 Å². The molecule has 0 aliphatic rings. The van der Waals surface area contributed by atoms with E-state index in [-0.39, 0.29) is 0 Å². The highest BCUT2D eigenvalue weighted by atomic mass is 79.9. The SMILES string of the molecule is COc1ccc(Nc2nc(-c3cccc(Br)c3)cs2)cc1. The van der Waals surface area contributed by atoms with Crippen molar-refractivity contribution in [1.82, 2.24) is 4.98 Å².